The molecule has 0 spiro atoms. The lowest BCUT2D eigenvalue weighted by atomic mass is 10.1. The lowest BCUT2D eigenvalue weighted by molar-refractivity contribution is 0.0617. The summed E-state index contributed by atoms with van der Waals surface area (Å²) in [6.45, 7) is 4.40. The van der Waals surface area contributed by atoms with Gasteiger partial charge in [-0.15, -0.1) is 0 Å². The molecule has 4 N–H and O–H groups in total. The molecule has 0 atom stereocenters. The van der Waals surface area contributed by atoms with Crippen LogP contribution in [-0.4, -0.2) is 40.1 Å². The second-order valence-electron chi connectivity index (χ2n) is 4.04. The molecule has 5 heteroatoms. The Morgan fingerprint density at radius 2 is 2.18 bits per heavy atom. The van der Waals surface area contributed by atoms with Crippen LogP contribution in [0.25, 0.3) is 0 Å². The molecule has 5 nitrogen and oxygen atoms in total. The maximum Gasteiger partial charge on any atom is 0.270 e. The lowest BCUT2D eigenvalue weighted by Gasteiger charge is -2.29. The average molecular weight is 239 g/mol. The van der Waals surface area contributed by atoms with Crippen molar-refractivity contribution in [2.24, 2.45) is 0 Å². The van der Waals surface area contributed by atoms with Crippen molar-refractivity contribution in [3.63, 3.8) is 0 Å². The minimum Gasteiger partial charge on any atom is -0.397 e. The van der Waals surface area contributed by atoms with Crippen LogP contribution in [0, 0.1) is 0 Å². The van der Waals surface area contributed by atoms with Crippen molar-refractivity contribution in [3.05, 3.63) is 18.0 Å². The first-order valence-electron chi connectivity index (χ1n) is 5.99. The van der Waals surface area contributed by atoms with Gasteiger partial charge in [0.1, 0.15) is 5.69 Å². The van der Waals surface area contributed by atoms with Crippen molar-refractivity contribution >= 4 is 11.6 Å². The first-order valence-corrected chi connectivity index (χ1v) is 5.99. The van der Waals surface area contributed by atoms with E-state index in [1.807, 2.05) is 13.8 Å². The quantitative estimate of drug-likeness (QED) is 0.698. The van der Waals surface area contributed by atoms with E-state index in [4.69, 9.17) is 10.8 Å². The van der Waals surface area contributed by atoms with E-state index in [2.05, 4.69) is 4.98 Å². The van der Waals surface area contributed by atoms with Gasteiger partial charge in [0.25, 0.3) is 5.91 Å². The molecule has 0 bridgehead atoms. The molecular formula is C12H21N3O2. The zero-order valence-corrected chi connectivity index (χ0v) is 10.4. The third-order valence-electron chi connectivity index (χ3n) is 2.92. The van der Waals surface area contributed by atoms with Gasteiger partial charge in [0.15, 0.2) is 0 Å². The van der Waals surface area contributed by atoms with Crippen LogP contribution >= 0.6 is 0 Å². The molecule has 0 radical (unpaired) electrons. The molecule has 0 saturated heterocycles. The minimum absolute atomic E-state index is 0.0293. The molecule has 1 rings (SSSR count). The van der Waals surface area contributed by atoms with Crippen LogP contribution in [0.4, 0.5) is 5.69 Å². The summed E-state index contributed by atoms with van der Waals surface area (Å²) in [5.74, 6) is -0.107. The Kier molecular flexibility index (Phi) is 5.03. The number of aromatic nitrogens is 1. The summed E-state index contributed by atoms with van der Waals surface area (Å²) in [4.78, 5) is 16.8. The van der Waals surface area contributed by atoms with Gasteiger partial charge in [0, 0.05) is 24.5 Å². The summed E-state index contributed by atoms with van der Waals surface area (Å²) in [6, 6.07) is 1.77. The lowest BCUT2D eigenvalue weighted by Crippen LogP contribution is -2.41. The number of rotatable bonds is 6. The van der Waals surface area contributed by atoms with E-state index in [-0.39, 0.29) is 18.6 Å². The monoisotopic (exact) mass is 239 g/mol. The van der Waals surface area contributed by atoms with E-state index in [1.165, 1.54) is 0 Å². The zero-order valence-electron chi connectivity index (χ0n) is 10.4. The molecule has 0 aliphatic heterocycles. The molecule has 0 unspecified atom stereocenters. The smallest absolute Gasteiger partial charge is 0.270 e. The highest BCUT2D eigenvalue weighted by Gasteiger charge is 2.22. The fourth-order valence-electron chi connectivity index (χ4n) is 1.98. The van der Waals surface area contributed by atoms with Gasteiger partial charge < -0.3 is 20.7 Å². The maximum absolute atomic E-state index is 12.2. The summed E-state index contributed by atoms with van der Waals surface area (Å²) in [5.41, 5.74) is 6.60. The van der Waals surface area contributed by atoms with Gasteiger partial charge in [-0.25, -0.2) is 0 Å². The number of nitrogens with one attached hydrogen (secondary N) is 1. The number of H-pyrrole nitrogens is 1. The normalized spacial score (nSPS) is 10.8. The molecule has 0 fully saturated rings. The van der Waals surface area contributed by atoms with Crippen LogP contribution in [0.2, 0.25) is 0 Å². The number of aliphatic hydroxyl groups excluding tert-OH is 1. The third kappa shape index (κ3) is 3.23. The van der Waals surface area contributed by atoms with Gasteiger partial charge in [-0.1, -0.05) is 13.8 Å². The van der Waals surface area contributed by atoms with Gasteiger partial charge in [-0.2, -0.15) is 0 Å². The number of hydrogen-bond donors (Lipinski definition) is 3. The highest BCUT2D eigenvalue weighted by atomic mass is 16.3. The highest BCUT2D eigenvalue weighted by molar-refractivity contribution is 5.93. The second kappa shape index (κ2) is 6.30. The Balaban J connectivity index is 2.86. The summed E-state index contributed by atoms with van der Waals surface area (Å²) in [6.07, 6.45) is 3.34. The van der Waals surface area contributed by atoms with Crippen LogP contribution in [0.15, 0.2) is 12.3 Å². The Labute approximate surface area is 102 Å². The molecule has 17 heavy (non-hydrogen) atoms. The third-order valence-corrected chi connectivity index (χ3v) is 2.92. The van der Waals surface area contributed by atoms with Gasteiger partial charge in [0.05, 0.1) is 6.61 Å². The van der Waals surface area contributed by atoms with Gasteiger partial charge >= 0.3 is 0 Å². The standard InChI is InChI=1S/C12H21N3O2/c1-3-10(4-2)15(5-6-16)12(17)11-7-9(13)8-14-11/h7-8,10,14,16H,3-6,13H2,1-2H3. The largest absolute Gasteiger partial charge is 0.397 e. The second-order valence-corrected chi connectivity index (χ2v) is 4.04. The molecule has 1 aromatic rings. The van der Waals surface area contributed by atoms with Crippen LogP contribution in [0.3, 0.4) is 0 Å². The summed E-state index contributed by atoms with van der Waals surface area (Å²) < 4.78 is 0. The molecule has 0 saturated carbocycles. The molecule has 1 amide bonds. The minimum atomic E-state index is -0.107. The molecule has 0 aliphatic carbocycles. The Hall–Kier alpha value is -1.49. The number of amides is 1. The Morgan fingerprint density at radius 1 is 1.53 bits per heavy atom. The van der Waals surface area contributed by atoms with Crippen molar-refractivity contribution in [1.29, 1.82) is 0 Å². The first kappa shape index (κ1) is 13.6. The molecule has 0 aliphatic rings. The summed E-state index contributed by atoms with van der Waals surface area (Å²) >= 11 is 0. The summed E-state index contributed by atoms with van der Waals surface area (Å²) in [7, 11) is 0. The van der Waals surface area contributed by atoms with E-state index in [0.29, 0.717) is 17.9 Å². The zero-order chi connectivity index (χ0) is 12.8. The Morgan fingerprint density at radius 3 is 2.59 bits per heavy atom. The van der Waals surface area contributed by atoms with Crippen LogP contribution in [0.5, 0.6) is 0 Å². The predicted molar refractivity (Wildman–Crippen MR) is 67.7 cm³/mol. The van der Waals surface area contributed by atoms with E-state index in [1.54, 1.807) is 17.2 Å². The Bertz CT molecular complexity index is 358. The van der Waals surface area contributed by atoms with Gasteiger partial charge in [-0.3, -0.25) is 4.79 Å². The number of nitrogens with zero attached hydrogens (tertiary/aromatic N) is 1. The number of nitrogens with two attached hydrogens (primary N) is 1. The van der Waals surface area contributed by atoms with Crippen molar-refractivity contribution in [2.45, 2.75) is 32.7 Å². The fourth-order valence-corrected chi connectivity index (χ4v) is 1.98. The van der Waals surface area contributed by atoms with Gasteiger partial charge in [0.2, 0.25) is 0 Å². The van der Waals surface area contributed by atoms with Gasteiger partial charge in [-0.05, 0) is 18.9 Å². The molecule has 1 aromatic heterocycles. The highest BCUT2D eigenvalue weighted by Crippen LogP contribution is 2.14. The number of aliphatic hydroxyl groups is 1. The van der Waals surface area contributed by atoms with Crippen molar-refractivity contribution in [1.82, 2.24) is 9.88 Å². The average Bonchev–Trinajstić information content (AvgIpc) is 2.75. The van der Waals surface area contributed by atoms with E-state index in [0.717, 1.165) is 12.8 Å². The number of anilines is 1. The van der Waals surface area contributed by atoms with Crippen molar-refractivity contribution < 1.29 is 9.90 Å². The predicted octanol–water partition coefficient (Wildman–Crippen LogP) is 1.22. The van der Waals surface area contributed by atoms with Crippen LogP contribution < -0.4 is 5.73 Å². The van der Waals surface area contributed by atoms with Crippen LogP contribution in [-0.2, 0) is 0 Å². The maximum atomic E-state index is 12.2. The summed E-state index contributed by atoms with van der Waals surface area (Å²) in [5, 5.41) is 9.05. The first-order chi connectivity index (χ1) is 8.13. The number of carbonyl (C=O) groups is 1. The molecular weight excluding hydrogens is 218 g/mol. The van der Waals surface area contributed by atoms with E-state index in [9.17, 15) is 4.79 Å². The molecule has 96 valence electrons. The fraction of sp³-hybridized carbons (Fsp3) is 0.583. The number of carbonyl (C=O) groups excluding carboxylic acids is 1. The topological polar surface area (TPSA) is 82.3 Å². The van der Waals surface area contributed by atoms with Crippen LogP contribution in [0.1, 0.15) is 37.2 Å². The molecule has 0 aromatic carbocycles. The number of hydrogen-bond acceptors (Lipinski definition) is 3. The van der Waals surface area contributed by atoms with Crippen molar-refractivity contribution in [2.75, 3.05) is 18.9 Å². The molecule has 1 heterocycles. The SMILES string of the molecule is CCC(CC)N(CCO)C(=O)c1cc(N)c[nH]1. The van der Waals surface area contributed by atoms with Crippen molar-refractivity contribution in [3.8, 4) is 0 Å². The number of aromatic amines is 1. The van der Waals surface area contributed by atoms with E-state index >= 15 is 0 Å². The number of nitrogen functional groups attached to an aromatic ring is 1. The van der Waals surface area contributed by atoms with E-state index < -0.39 is 0 Å².